The number of aromatic hydroxyl groups is 2. The molecular formula is C50H38N2O8P2S. The summed E-state index contributed by atoms with van der Waals surface area (Å²) < 4.78 is 72.9. The molecule has 312 valence electrons. The monoisotopic (exact) mass is 888 g/mol. The van der Waals surface area contributed by atoms with Crippen LogP contribution in [0.15, 0.2) is 191 Å². The van der Waals surface area contributed by atoms with Gasteiger partial charge in [-0.2, -0.15) is 0 Å². The second kappa shape index (κ2) is 15.2. The Kier molecular flexibility index (Phi) is 9.75. The highest BCUT2D eigenvalue weighted by molar-refractivity contribution is 7.91. The second-order valence-corrected chi connectivity index (χ2v) is 22.4. The number of sulfone groups is 1. The maximum atomic E-state index is 15.6. The van der Waals surface area contributed by atoms with Crippen molar-refractivity contribution in [3.63, 3.8) is 0 Å². The lowest BCUT2D eigenvalue weighted by Crippen LogP contribution is -2.26. The van der Waals surface area contributed by atoms with Gasteiger partial charge in [0.25, 0.3) is 14.7 Å². The van der Waals surface area contributed by atoms with Gasteiger partial charge in [-0.25, -0.2) is 8.42 Å². The topological polar surface area (TPSA) is 175 Å². The molecule has 0 fully saturated rings. The number of phenolic OH excluding ortho intramolecular Hbond substituents is 2. The van der Waals surface area contributed by atoms with E-state index in [-0.39, 0.29) is 21.3 Å². The van der Waals surface area contributed by atoms with Crippen LogP contribution in [0.1, 0.15) is 57.5 Å². The van der Waals surface area contributed by atoms with Crippen LogP contribution in [-0.4, -0.2) is 30.1 Å². The molecule has 0 aromatic heterocycles. The number of benzene rings is 6. The third kappa shape index (κ3) is 6.67. The van der Waals surface area contributed by atoms with E-state index in [4.69, 9.17) is 19.9 Å². The lowest BCUT2D eigenvalue weighted by Gasteiger charge is -2.36. The van der Waals surface area contributed by atoms with Crippen molar-refractivity contribution in [2.75, 3.05) is 0 Å². The summed E-state index contributed by atoms with van der Waals surface area (Å²) >= 11 is 0. The van der Waals surface area contributed by atoms with Gasteiger partial charge in [0.15, 0.2) is 0 Å². The van der Waals surface area contributed by atoms with Crippen LogP contribution in [0.25, 0.3) is 11.1 Å². The van der Waals surface area contributed by atoms with Gasteiger partial charge >= 0.3 is 0 Å². The van der Waals surface area contributed by atoms with Crippen LogP contribution < -0.4 is 10.6 Å². The molecule has 2 heterocycles. The molecule has 0 saturated carbocycles. The molecule has 63 heavy (non-hydrogen) atoms. The predicted octanol–water partition coefficient (Wildman–Crippen LogP) is 10.8. The van der Waals surface area contributed by atoms with Gasteiger partial charge in [-0.05, 0) is 95.1 Å². The fourth-order valence-corrected chi connectivity index (χ4v) is 15.9. The number of fused-ring (bicyclic) bond motifs is 4. The maximum absolute atomic E-state index is 15.6. The molecule has 4 aliphatic rings. The van der Waals surface area contributed by atoms with E-state index in [9.17, 15) is 18.6 Å². The smallest absolute Gasteiger partial charge is 0.289 e. The molecule has 4 unspecified atom stereocenters. The highest BCUT2D eigenvalue weighted by atomic mass is 32.2. The van der Waals surface area contributed by atoms with Gasteiger partial charge in [-0.15, -0.1) is 0 Å². The summed E-state index contributed by atoms with van der Waals surface area (Å²) in [5.41, 5.74) is 3.52. The van der Waals surface area contributed by atoms with Crippen LogP contribution in [0, 0.1) is 10.8 Å². The first-order chi connectivity index (χ1) is 30.4. The molecule has 6 aromatic carbocycles. The molecule has 4 N–H and O–H groups in total. The van der Waals surface area contributed by atoms with Gasteiger partial charge in [0.05, 0.1) is 20.4 Å². The molecule has 0 radical (unpaired) electrons. The van der Waals surface area contributed by atoms with Crippen LogP contribution in [0.5, 0.6) is 11.5 Å². The lowest BCUT2D eigenvalue weighted by atomic mass is 9.94. The van der Waals surface area contributed by atoms with Crippen LogP contribution in [0.3, 0.4) is 0 Å². The number of rotatable bonds is 8. The molecule has 0 saturated heterocycles. The largest absolute Gasteiger partial charge is 0.508 e. The van der Waals surface area contributed by atoms with Crippen molar-refractivity contribution >= 4 is 57.8 Å². The number of allylic oxidation sites excluding steroid dienone is 6. The van der Waals surface area contributed by atoms with E-state index in [1.54, 1.807) is 97.1 Å². The minimum absolute atomic E-state index is 0.0150. The summed E-state index contributed by atoms with van der Waals surface area (Å²) in [6, 6.07) is 39.5. The molecule has 4 atom stereocenters. The lowest BCUT2D eigenvalue weighted by molar-refractivity contribution is 0.417. The SMILES string of the molecule is N=C1CC=CC2=C1c1ccccc1P(=O)(C(c1ccc(O)cc1)c1ccc(S(=O)(=O)c3ccc(C(c4ccc(O)cc4)P4(=O)OC5=C(C(=N)CC=C5)c5ccccc54)cc3)cc1)O2. The van der Waals surface area contributed by atoms with Crippen molar-refractivity contribution in [2.45, 2.75) is 34.0 Å². The number of hydrogen-bond acceptors (Lipinski definition) is 10. The maximum Gasteiger partial charge on any atom is 0.289 e. The summed E-state index contributed by atoms with van der Waals surface area (Å²) in [6.45, 7) is 0. The van der Waals surface area contributed by atoms with E-state index in [0.717, 1.165) is 0 Å². The third-order valence-corrected chi connectivity index (χ3v) is 19.3. The Morgan fingerprint density at radius 1 is 0.492 bits per heavy atom. The van der Waals surface area contributed by atoms with Gasteiger partial charge in [0.1, 0.15) is 34.3 Å². The standard InChI is InChI=1S/C50H38N2O8P2S/c51-41-9-5-11-43-47(41)39-7-1-3-13-45(39)61(55,59-43)49(31-15-23-35(53)24-16-31)33-19-27-37(28-20-33)63(57,58)38-29-21-34(22-30-38)50(32-17-25-36(54)26-18-32)62(56)46-14-4-2-8-40(46)48-42(52)10-6-12-44(48)60-62/h1-8,11-30,49-54H,9-10H2. The summed E-state index contributed by atoms with van der Waals surface area (Å²) in [4.78, 5) is -0.0300. The summed E-state index contributed by atoms with van der Waals surface area (Å²) in [5, 5.41) is 38.6. The first-order valence-electron chi connectivity index (χ1n) is 20.2. The van der Waals surface area contributed by atoms with E-state index < -0.39 is 35.9 Å². The molecule has 2 aliphatic carbocycles. The minimum atomic E-state index is -4.13. The van der Waals surface area contributed by atoms with Crippen molar-refractivity contribution in [3.8, 4) is 11.5 Å². The van der Waals surface area contributed by atoms with E-state index in [1.807, 2.05) is 24.3 Å². The Morgan fingerprint density at radius 3 is 1.19 bits per heavy atom. The molecule has 13 heteroatoms. The Morgan fingerprint density at radius 2 is 0.825 bits per heavy atom. The predicted molar refractivity (Wildman–Crippen MR) is 245 cm³/mol. The van der Waals surface area contributed by atoms with Crippen LogP contribution in [0.4, 0.5) is 0 Å². The molecule has 0 bridgehead atoms. The normalized spacial score (nSPS) is 21.0. The first kappa shape index (κ1) is 40.3. The summed E-state index contributed by atoms with van der Waals surface area (Å²) in [6.07, 6.45) is 7.90. The highest BCUT2D eigenvalue weighted by Gasteiger charge is 2.48. The third-order valence-electron chi connectivity index (χ3n) is 11.9. The van der Waals surface area contributed by atoms with E-state index in [1.165, 1.54) is 48.5 Å². The average molecular weight is 889 g/mol. The number of phenols is 2. The van der Waals surface area contributed by atoms with Gasteiger partial charge in [0, 0.05) is 46.5 Å². The van der Waals surface area contributed by atoms with Crippen molar-refractivity contribution < 1.29 is 36.8 Å². The molecule has 0 spiro atoms. The molecule has 10 nitrogen and oxygen atoms in total. The number of nitrogens with one attached hydrogen (secondary N) is 2. The van der Waals surface area contributed by atoms with Gasteiger partial charge in [0.2, 0.25) is 9.84 Å². The molecular weight excluding hydrogens is 851 g/mol. The van der Waals surface area contributed by atoms with Crippen molar-refractivity contribution in [1.29, 1.82) is 10.8 Å². The van der Waals surface area contributed by atoms with Crippen LogP contribution in [0.2, 0.25) is 0 Å². The minimum Gasteiger partial charge on any atom is -0.508 e. The van der Waals surface area contributed by atoms with Gasteiger partial charge in [-0.1, -0.05) is 97.1 Å². The molecule has 6 aromatic rings. The van der Waals surface area contributed by atoms with E-state index in [2.05, 4.69) is 0 Å². The Hall–Kier alpha value is -6.77. The Bertz CT molecular complexity index is 3030. The summed E-state index contributed by atoms with van der Waals surface area (Å²) in [5.74, 6) is 0.720. The van der Waals surface area contributed by atoms with Gasteiger partial charge < -0.3 is 30.1 Å². The fraction of sp³-hybridized carbons (Fsp3) is 0.0800. The average Bonchev–Trinajstić information content (AvgIpc) is 3.28. The molecule has 2 aliphatic heterocycles. The zero-order chi connectivity index (χ0) is 43.7. The fourth-order valence-electron chi connectivity index (χ4n) is 8.94. The van der Waals surface area contributed by atoms with Crippen molar-refractivity contribution in [1.82, 2.24) is 0 Å². The summed E-state index contributed by atoms with van der Waals surface area (Å²) in [7, 11) is -11.9. The van der Waals surface area contributed by atoms with Crippen molar-refractivity contribution in [3.05, 3.63) is 215 Å². The quantitative estimate of drug-likeness (QED) is 0.109. The van der Waals surface area contributed by atoms with Crippen LogP contribution >= 0.6 is 14.7 Å². The Balaban J connectivity index is 1.02. The van der Waals surface area contributed by atoms with Crippen LogP contribution in [-0.2, 0) is 28.0 Å². The molecule has 10 rings (SSSR count). The van der Waals surface area contributed by atoms with E-state index >= 15 is 9.13 Å². The Labute approximate surface area is 364 Å². The van der Waals surface area contributed by atoms with Gasteiger partial charge in [-0.3, -0.25) is 9.13 Å². The first-order valence-corrected chi connectivity index (χ1v) is 25.0. The zero-order valence-electron chi connectivity index (χ0n) is 33.4. The zero-order valence-corrected chi connectivity index (χ0v) is 36.0. The molecule has 0 amide bonds. The van der Waals surface area contributed by atoms with Crippen molar-refractivity contribution in [2.24, 2.45) is 0 Å². The number of hydrogen-bond donors (Lipinski definition) is 4. The highest BCUT2D eigenvalue weighted by Crippen LogP contribution is 2.68. The second-order valence-electron chi connectivity index (χ2n) is 15.7. The van der Waals surface area contributed by atoms with E-state index in [0.29, 0.717) is 90.9 Å².